The highest BCUT2D eigenvalue weighted by molar-refractivity contribution is 5.70. The number of aryl methyl sites for hydroxylation is 1. The number of nitrogens with zero attached hydrogens (tertiary/aromatic N) is 3. The fourth-order valence-corrected chi connectivity index (χ4v) is 1.87. The van der Waals surface area contributed by atoms with Crippen molar-refractivity contribution in [1.29, 1.82) is 0 Å². The van der Waals surface area contributed by atoms with Gasteiger partial charge in [0.05, 0.1) is 13.3 Å². The second-order valence-electron chi connectivity index (χ2n) is 4.12. The monoisotopic (exact) mass is 307 g/mol. The van der Waals surface area contributed by atoms with Crippen LogP contribution in [0.25, 0.3) is 11.1 Å². The standard InChI is InChI=1S/C12H10F5N3O/c1-20-9(10(13)14)7(5-18-20)6-3-4-8(12(15,16)17)19-11(6)21-2/h3-5,10H,1-2H3. The molecule has 0 atom stereocenters. The first-order valence-electron chi connectivity index (χ1n) is 5.68. The largest absolute Gasteiger partial charge is 0.481 e. The zero-order chi connectivity index (χ0) is 15.8. The first-order chi connectivity index (χ1) is 9.75. The number of aromatic nitrogens is 3. The topological polar surface area (TPSA) is 39.9 Å². The third kappa shape index (κ3) is 2.81. The highest BCUT2D eigenvalue weighted by atomic mass is 19.4. The Morgan fingerprint density at radius 1 is 1.19 bits per heavy atom. The maximum Gasteiger partial charge on any atom is 0.433 e. The van der Waals surface area contributed by atoms with Gasteiger partial charge < -0.3 is 4.74 Å². The van der Waals surface area contributed by atoms with Crippen molar-refractivity contribution in [1.82, 2.24) is 14.8 Å². The van der Waals surface area contributed by atoms with Crippen molar-refractivity contribution in [3.8, 4) is 17.0 Å². The lowest BCUT2D eigenvalue weighted by Gasteiger charge is -2.12. The van der Waals surface area contributed by atoms with Crippen LogP contribution in [-0.4, -0.2) is 21.9 Å². The lowest BCUT2D eigenvalue weighted by atomic mass is 10.1. The van der Waals surface area contributed by atoms with Crippen molar-refractivity contribution >= 4 is 0 Å². The third-order valence-electron chi connectivity index (χ3n) is 2.83. The maximum absolute atomic E-state index is 13.0. The number of halogens is 5. The number of ether oxygens (including phenoxy) is 1. The molecular formula is C12H10F5N3O. The van der Waals surface area contributed by atoms with Gasteiger partial charge in [0.2, 0.25) is 5.88 Å². The fourth-order valence-electron chi connectivity index (χ4n) is 1.87. The van der Waals surface area contributed by atoms with Gasteiger partial charge >= 0.3 is 6.18 Å². The molecule has 114 valence electrons. The molecule has 9 heteroatoms. The molecule has 0 amide bonds. The summed E-state index contributed by atoms with van der Waals surface area (Å²) >= 11 is 0. The highest BCUT2D eigenvalue weighted by Crippen LogP contribution is 2.37. The van der Waals surface area contributed by atoms with E-state index in [1.807, 2.05) is 0 Å². The fraction of sp³-hybridized carbons (Fsp3) is 0.333. The smallest absolute Gasteiger partial charge is 0.433 e. The Morgan fingerprint density at radius 2 is 1.86 bits per heavy atom. The minimum absolute atomic E-state index is 0.0221. The number of hydrogen-bond donors (Lipinski definition) is 0. The van der Waals surface area contributed by atoms with Crippen LogP contribution in [0.5, 0.6) is 5.88 Å². The third-order valence-corrected chi connectivity index (χ3v) is 2.83. The zero-order valence-corrected chi connectivity index (χ0v) is 10.9. The Kier molecular flexibility index (Phi) is 3.84. The van der Waals surface area contributed by atoms with Gasteiger partial charge in [-0.2, -0.15) is 18.3 Å². The maximum atomic E-state index is 13.0. The Balaban J connectivity index is 2.60. The van der Waals surface area contributed by atoms with Crippen LogP contribution in [0.4, 0.5) is 22.0 Å². The van der Waals surface area contributed by atoms with Crippen LogP contribution in [0.3, 0.4) is 0 Å². The van der Waals surface area contributed by atoms with Crippen LogP contribution in [0.15, 0.2) is 18.3 Å². The van der Waals surface area contributed by atoms with Crippen molar-refractivity contribution in [2.75, 3.05) is 7.11 Å². The lowest BCUT2D eigenvalue weighted by Crippen LogP contribution is -2.09. The SMILES string of the molecule is COc1nc(C(F)(F)F)ccc1-c1cnn(C)c1C(F)F. The molecule has 0 saturated heterocycles. The van der Waals surface area contributed by atoms with E-state index in [9.17, 15) is 22.0 Å². The summed E-state index contributed by atoms with van der Waals surface area (Å²) in [6.45, 7) is 0. The van der Waals surface area contributed by atoms with E-state index in [2.05, 4.69) is 10.1 Å². The van der Waals surface area contributed by atoms with Crippen LogP contribution < -0.4 is 4.74 Å². The number of alkyl halides is 5. The second kappa shape index (κ2) is 5.30. The Morgan fingerprint density at radius 3 is 2.38 bits per heavy atom. The van der Waals surface area contributed by atoms with E-state index in [-0.39, 0.29) is 17.0 Å². The highest BCUT2D eigenvalue weighted by Gasteiger charge is 2.34. The summed E-state index contributed by atoms with van der Waals surface area (Å²) in [5, 5.41) is 3.69. The molecule has 2 rings (SSSR count). The van der Waals surface area contributed by atoms with Crippen LogP contribution in [0, 0.1) is 0 Å². The Hall–Kier alpha value is -2.19. The molecule has 2 aromatic heterocycles. The van der Waals surface area contributed by atoms with E-state index in [0.29, 0.717) is 6.07 Å². The molecule has 0 aliphatic carbocycles. The minimum atomic E-state index is -4.65. The predicted molar refractivity (Wildman–Crippen MR) is 63.0 cm³/mol. The van der Waals surface area contributed by atoms with E-state index < -0.39 is 24.0 Å². The molecule has 0 aliphatic rings. The summed E-state index contributed by atoms with van der Waals surface area (Å²) in [5.74, 6) is -0.389. The average Bonchev–Trinajstić information content (AvgIpc) is 2.78. The molecule has 0 unspecified atom stereocenters. The van der Waals surface area contributed by atoms with Gasteiger partial charge in [-0.1, -0.05) is 0 Å². The number of hydrogen-bond acceptors (Lipinski definition) is 3. The summed E-state index contributed by atoms with van der Waals surface area (Å²) in [7, 11) is 2.43. The molecule has 0 radical (unpaired) electrons. The first kappa shape index (κ1) is 15.2. The second-order valence-corrected chi connectivity index (χ2v) is 4.12. The predicted octanol–water partition coefficient (Wildman–Crippen LogP) is 3.45. The first-order valence-corrected chi connectivity index (χ1v) is 5.68. The van der Waals surface area contributed by atoms with Gasteiger partial charge in [0.15, 0.2) is 0 Å². The number of pyridine rings is 1. The lowest BCUT2D eigenvalue weighted by molar-refractivity contribution is -0.141. The molecule has 2 aromatic rings. The molecule has 0 N–H and O–H groups in total. The van der Waals surface area contributed by atoms with Gasteiger partial charge in [-0.15, -0.1) is 0 Å². The molecular weight excluding hydrogens is 297 g/mol. The molecule has 0 aliphatic heterocycles. The van der Waals surface area contributed by atoms with Crippen molar-refractivity contribution in [3.05, 3.63) is 29.7 Å². The number of methoxy groups -OCH3 is 1. The van der Waals surface area contributed by atoms with Crippen molar-refractivity contribution < 1.29 is 26.7 Å². The van der Waals surface area contributed by atoms with Crippen molar-refractivity contribution in [2.45, 2.75) is 12.6 Å². The summed E-state index contributed by atoms with van der Waals surface area (Å²) < 4.78 is 69.5. The molecule has 0 saturated carbocycles. The molecule has 0 fully saturated rings. The van der Waals surface area contributed by atoms with Crippen LogP contribution in [-0.2, 0) is 13.2 Å². The summed E-state index contributed by atoms with van der Waals surface area (Å²) in [6.07, 6.45) is -6.35. The van der Waals surface area contributed by atoms with Crippen LogP contribution >= 0.6 is 0 Å². The van der Waals surface area contributed by atoms with E-state index in [0.717, 1.165) is 24.1 Å². The van der Waals surface area contributed by atoms with Gasteiger partial charge in [0.1, 0.15) is 11.4 Å². The van der Waals surface area contributed by atoms with E-state index >= 15 is 0 Å². The van der Waals surface area contributed by atoms with Gasteiger partial charge in [0, 0.05) is 18.2 Å². The van der Waals surface area contributed by atoms with Gasteiger partial charge in [-0.25, -0.2) is 13.8 Å². The minimum Gasteiger partial charge on any atom is -0.481 e. The van der Waals surface area contributed by atoms with Gasteiger partial charge in [-0.3, -0.25) is 4.68 Å². The van der Waals surface area contributed by atoms with E-state index in [1.54, 1.807) is 0 Å². The average molecular weight is 307 g/mol. The summed E-state index contributed by atoms with van der Waals surface area (Å²) in [6, 6.07) is 1.75. The zero-order valence-electron chi connectivity index (χ0n) is 10.9. The Labute approximate surface area is 116 Å². The van der Waals surface area contributed by atoms with E-state index in [1.165, 1.54) is 7.05 Å². The van der Waals surface area contributed by atoms with Gasteiger partial charge in [-0.05, 0) is 12.1 Å². The van der Waals surface area contributed by atoms with E-state index in [4.69, 9.17) is 4.74 Å². The summed E-state index contributed by atoms with van der Waals surface area (Å²) in [4.78, 5) is 3.32. The molecule has 4 nitrogen and oxygen atoms in total. The molecule has 21 heavy (non-hydrogen) atoms. The van der Waals surface area contributed by atoms with Crippen molar-refractivity contribution in [2.24, 2.45) is 7.05 Å². The molecule has 2 heterocycles. The van der Waals surface area contributed by atoms with Crippen molar-refractivity contribution in [3.63, 3.8) is 0 Å². The van der Waals surface area contributed by atoms with Crippen LogP contribution in [0.1, 0.15) is 17.8 Å². The molecule has 0 bridgehead atoms. The molecule has 0 aromatic carbocycles. The van der Waals surface area contributed by atoms with Crippen LogP contribution in [0.2, 0.25) is 0 Å². The quantitative estimate of drug-likeness (QED) is 0.815. The molecule has 0 spiro atoms. The summed E-state index contributed by atoms with van der Waals surface area (Å²) in [5.41, 5.74) is -1.58. The number of rotatable bonds is 3. The van der Waals surface area contributed by atoms with Gasteiger partial charge in [0.25, 0.3) is 6.43 Å². The Bertz CT molecular complexity index is 651. The normalized spacial score (nSPS) is 12.0.